The summed E-state index contributed by atoms with van der Waals surface area (Å²) in [6.45, 7) is 4.98. The van der Waals surface area contributed by atoms with Crippen LogP contribution in [0.25, 0.3) is 0 Å². The van der Waals surface area contributed by atoms with Crippen molar-refractivity contribution in [2.24, 2.45) is 0 Å². The van der Waals surface area contributed by atoms with Gasteiger partial charge in [0.15, 0.2) is 0 Å². The fourth-order valence-corrected chi connectivity index (χ4v) is 10.7. The Hall–Kier alpha value is -1.40. The van der Waals surface area contributed by atoms with Crippen LogP contribution in [-0.2, 0) is 14.3 Å². The largest absolute Gasteiger partial charge is 0.466 e. The molecule has 434 valence electrons. The summed E-state index contributed by atoms with van der Waals surface area (Å²) in [5.74, 6) is -0.0290. The Morgan fingerprint density at radius 3 is 0.973 bits per heavy atom. The van der Waals surface area contributed by atoms with E-state index in [-0.39, 0.29) is 18.5 Å². The molecule has 0 aromatic carbocycles. The van der Waals surface area contributed by atoms with Crippen molar-refractivity contribution in [3.05, 3.63) is 12.2 Å². The van der Waals surface area contributed by atoms with E-state index >= 15 is 0 Å². The fraction of sp³-hybridized carbons (Fsp3) is 0.940. The number of ether oxygens (including phenoxy) is 1. The van der Waals surface area contributed by atoms with Crippen LogP contribution in [-0.4, -0.2) is 47.4 Å². The van der Waals surface area contributed by atoms with Crippen LogP contribution < -0.4 is 5.32 Å². The molecule has 0 aliphatic rings. The van der Waals surface area contributed by atoms with Crippen molar-refractivity contribution in [1.29, 1.82) is 0 Å². The molecule has 2 unspecified atom stereocenters. The Labute approximate surface area is 457 Å². The molecule has 0 aliphatic heterocycles. The minimum Gasteiger partial charge on any atom is -0.466 e. The number of amides is 1. The fourth-order valence-electron chi connectivity index (χ4n) is 10.7. The first-order valence-electron chi connectivity index (χ1n) is 33.4. The van der Waals surface area contributed by atoms with Crippen LogP contribution in [0.15, 0.2) is 12.2 Å². The van der Waals surface area contributed by atoms with E-state index in [0.29, 0.717) is 25.9 Å². The molecule has 0 aliphatic carbocycles. The average molecular weight is 1030 g/mol. The summed E-state index contributed by atoms with van der Waals surface area (Å²) in [5, 5.41) is 23.4. The number of hydrogen-bond acceptors (Lipinski definition) is 5. The Morgan fingerprint density at radius 1 is 0.370 bits per heavy atom. The quantitative estimate of drug-likeness (QED) is 0.0320. The molecular weight excluding hydrogens is 899 g/mol. The Morgan fingerprint density at radius 2 is 0.644 bits per heavy atom. The highest BCUT2D eigenvalue weighted by molar-refractivity contribution is 5.76. The SMILES string of the molecule is CCCCCCCCC/C=C\CCCCCCCCCC(=O)OCCCCCCCCCCCCCCCCCCCCC(=O)NC(CO)C(O)CCCCCCCCCCCCCCCCCCCCCC. The molecule has 0 saturated carbocycles. The number of carbonyl (C=O) groups excluding carboxylic acids is 2. The van der Waals surface area contributed by atoms with E-state index in [1.54, 1.807) is 0 Å². The number of carbonyl (C=O) groups is 2. The van der Waals surface area contributed by atoms with Crippen molar-refractivity contribution in [1.82, 2.24) is 5.32 Å². The molecule has 0 rings (SSSR count). The van der Waals surface area contributed by atoms with Crippen molar-refractivity contribution >= 4 is 11.9 Å². The number of allylic oxidation sites excluding steroid dienone is 2. The number of rotatable bonds is 63. The van der Waals surface area contributed by atoms with E-state index in [0.717, 1.165) is 44.9 Å². The van der Waals surface area contributed by atoms with Crippen molar-refractivity contribution < 1.29 is 24.5 Å². The van der Waals surface area contributed by atoms with Crippen LogP contribution in [0, 0.1) is 0 Å². The maximum Gasteiger partial charge on any atom is 0.305 e. The van der Waals surface area contributed by atoms with Gasteiger partial charge in [0, 0.05) is 12.8 Å². The lowest BCUT2D eigenvalue weighted by Gasteiger charge is -2.22. The van der Waals surface area contributed by atoms with Gasteiger partial charge in [0.05, 0.1) is 25.4 Å². The molecule has 0 saturated heterocycles. The highest BCUT2D eigenvalue weighted by Crippen LogP contribution is 2.19. The normalized spacial score (nSPS) is 12.5. The summed E-state index contributed by atoms with van der Waals surface area (Å²) in [4.78, 5) is 24.6. The molecule has 1 amide bonds. The zero-order valence-corrected chi connectivity index (χ0v) is 49.6. The summed E-state index contributed by atoms with van der Waals surface area (Å²) in [7, 11) is 0. The van der Waals surface area contributed by atoms with E-state index in [2.05, 4.69) is 31.3 Å². The molecule has 0 radical (unpaired) electrons. The van der Waals surface area contributed by atoms with Crippen LogP contribution >= 0.6 is 0 Å². The van der Waals surface area contributed by atoms with Gasteiger partial charge in [-0.1, -0.05) is 328 Å². The Bertz CT molecular complexity index is 1100. The van der Waals surface area contributed by atoms with Crippen LogP contribution in [0.5, 0.6) is 0 Å². The van der Waals surface area contributed by atoms with Gasteiger partial charge in [0.2, 0.25) is 5.91 Å². The van der Waals surface area contributed by atoms with Crippen LogP contribution in [0.1, 0.15) is 380 Å². The molecule has 6 nitrogen and oxygen atoms in total. The lowest BCUT2D eigenvalue weighted by atomic mass is 10.0. The van der Waals surface area contributed by atoms with Gasteiger partial charge in [-0.25, -0.2) is 0 Å². The van der Waals surface area contributed by atoms with E-state index in [1.165, 1.54) is 302 Å². The molecule has 0 heterocycles. The summed E-state index contributed by atoms with van der Waals surface area (Å²) in [6.07, 6.45) is 76.6. The zero-order chi connectivity index (χ0) is 52.9. The van der Waals surface area contributed by atoms with Crippen molar-refractivity contribution in [2.45, 2.75) is 392 Å². The molecule has 2 atom stereocenters. The van der Waals surface area contributed by atoms with Gasteiger partial charge < -0.3 is 20.3 Å². The summed E-state index contributed by atoms with van der Waals surface area (Å²) in [6, 6.07) is -0.545. The second kappa shape index (κ2) is 63.1. The highest BCUT2D eigenvalue weighted by Gasteiger charge is 2.20. The number of hydrogen-bond donors (Lipinski definition) is 3. The molecule has 0 aromatic rings. The van der Waals surface area contributed by atoms with Gasteiger partial charge in [-0.2, -0.15) is 0 Å². The average Bonchev–Trinajstić information content (AvgIpc) is 3.39. The zero-order valence-electron chi connectivity index (χ0n) is 49.6. The third kappa shape index (κ3) is 59.7. The van der Waals surface area contributed by atoms with Gasteiger partial charge in [0.25, 0.3) is 0 Å². The lowest BCUT2D eigenvalue weighted by molar-refractivity contribution is -0.143. The first kappa shape index (κ1) is 71.6. The minimum absolute atomic E-state index is 0.00573. The summed E-state index contributed by atoms with van der Waals surface area (Å²) < 4.78 is 5.50. The molecule has 0 spiro atoms. The molecule has 0 bridgehead atoms. The lowest BCUT2D eigenvalue weighted by Crippen LogP contribution is -2.45. The standard InChI is InChI=1S/C67H131NO5/c1-3-5-7-9-11-13-15-17-19-21-23-24-27-31-35-39-43-47-51-55-59-65(70)64(63-69)68-66(71)60-56-52-48-44-40-36-32-28-25-26-30-34-38-42-46-50-54-58-62-73-67(72)61-57-53-49-45-41-37-33-29-22-20-18-16-14-12-10-8-6-4-2/h20,22,64-65,69-70H,3-19,21,23-63H2,1-2H3,(H,68,71)/b22-20-. The van der Waals surface area contributed by atoms with Crippen molar-refractivity contribution in [3.8, 4) is 0 Å². The monoisotopic (exact) mass is 1030 g/mol. The van der Waals surface area contributed by atoms with Crippen LogP contribution in [0.3, 0.4) is 0 Å². The van der Waals surface area contributed by atoms with Crippen molar-refractivity contribution in [2.75, 3.05) is 13.2 Å². The second-order valence-corrected chi connectivity index (χ2v) is 23.2. The van der Waals surface area contributed by atoms with Gasteiger partial charge in [-0.15, -0.1) is 0 Å². The van der Waals surface area contributed by atoms with E-state index in [1.807, 2.05) is 0 Å². The Kier molecular flexibility index (Phi) is 61.9. The first-order valence-corrected chi connectivity index (χ1v) is 33.4. The molecule has 0 fully saturated rings. The van der Waals surface area contributed by atoms with Gasteiger partial charge in [-0.05, 0) is 51.4 Å². The topological polar surface area (TPSA) is 95.9 Å². The molecule has 3 N–H and O–H groups in total. The number of esters is 1. The molecule has 73 heavy (non-hydrogen) atoms. The third-order valence-corrected chi connectivity index (χ3v) is 15.8. The van der Waals surface area contributed by atoms with Gasteiger partial charge in [-0.3, -0.25) is 9.59 Å². The van der Waals surface area contributed by atoms with Crippen LogP contribution in [0.4, 0.5) is 0 Å². The minimum atomic E-state index is -0.668. The van der Waals surface area contributed by atoms with Crippen LogP contribution in [0.2, 0.25) is 0 Å². The van der Waals surface area contributed by atoms with E-state index in [9.17, 15) is 19.8 Å². The predicted octanol–water partition coefficient (Wildman–Crippen LogP) is 21.2. The second-order valence-electron chi connectivity index (χ2n) is 23.2. The van der Waals surface area contributed by atoms with Crippen molar-refractivity contribution in [3.63, 3.8) is 0 Å². The highest BCUT2D eigenvalue weighted by atomic mass is 16.5. The predicted molar refractivity (Wildman–Crippen MR) is 320 cm³/mol. The van der Waals surface area contributed by atoms with E-state index in [4.69, 9.17) is 4.74 Å². The number of aliphatic hydroxyl groups is 2. The Balaban J connectivity index is 3.39. The van der Waals surface area contributed by atoms with E-state index < -0.39 is 12.1 Å². The number of unbranched alkanes of at least 4 members (excludes halogenated alkanes) is 50. The maximum absolute atomic E-state index is 12.5. The summed E-state index contributed by atoms with van der Waals surface area (Å²) >= 11 is 0. The van der Waals surface area contributed by atoms with Gasteiger partial charge >= 0.3 is 5.97 Å². The maximum atomic E-state index is 12.5. The number of nitrogens with one attached hydrogen (secondary N) is 1. The molecular formula is C67H131NO5. The van der Waals surface area contributed by atoms with Gasteiger partial charge in [0.1, 0.15) is 0 Å². The number of aliphatic hydroxyl groups excluding tert-OH is 2. The first-order chi connectivity index (χ1) is 36.0. The smallest absolute Gasteiger partial charge is 0.305 e. The summed E-state index contributed by atoms with van der Waals surface area (Å²) in [5.41, 5.74) is 0. The third-order valence-electron chi connectivity index (χ3n) is 15.8. The molecule has 6 heteroatoms. The molecule has 0 aromatic heterocycles.